The van der Waals surface area contributed by atoms with Gasteiger partial charge in [0.2, 0.25) is 5.91 Å². The highest BCUT2D eigenvalue weighted by atomic mass is 35.5. The van der Waals surface area contributed by atoms with Crippen molar-refractivity contribution in [2.75, 3.05) is 5.32 Å². The monoisotopic (exact) mass is 369 g/mol. The molecule has 7 heteroatoms. The number of ether oxygens (including phenoxy) is 1. The minimum atomic E-state index is -0.0451. The maximum absolute atomic E-state index is 12.1. The SMILES string of the molecule is CCC(C)C(=O)Nc1c(C)nn(COc2ccc(Cl)cc2Cl)c1C. The Bertz CT molecular complexity index is 744. The summed E-state index contributed by atoms with van der Waals surface area (Å²) in [5.41, 5.74) is 2.30. The highest BCUT2D eigenvalue weighted by molar-refractivity contribution is 6.35. The summed E-state index contributed by atoms with van der Waals surface area (Å²) in [5, 5.41) is 8.35. The van der Waals surface area contributed by atoms with E-state index in [4.69, 9.17) is 27.9 Å². The van der Waals surface area contributed by atoms with Crippen LogP contribution in [-0.4, -0.2) is 15.7 Å². The molecule has 1 amide bonds. The number of nitrogens with zero attached hydrogens (tertiary/aromatic N) is 2. The van der Waals surface area contributed by atoms with Gasteiger partial charge >= 0.3 is 0 Å². The first-order chi connectivity index (χ1) is 11.3. The largest absolute Gasteiger partial charge is 0.470 e. The van der Waals surface area contributed by atoms with E-state index < -0.39 is 0 Å². The number of amides is 1. The number of carbonyl (C=O) groups excluding carboxylic acids is 1. The van der Waals surface area contributed by atoms with Crippen LogP contribution in [0.15, 0.2) is 18.2 Å². The maximum atomic E-state index is 12.1. The van der Waals surface area contributed by atoms with E-state index in [-0.39, 0.29) is 18.6 Å². The molecule has 1 aromatic heterocycles. The van der Waals surface area contributed by atoms with Gasteiger partial charge in [0, 0.05) is 10.9 Å². The summed E-state index contributed by atoms with van der Waals surface area (Å²) in [5.74, 6) is 0.472. The Kier molecular flexibility index (Phi) is 6.13. The first-order valence-corrected chi connectivity index (χ1v) is 8.51. The van der Waals surface area contributed by atoms with Crippen molar-refractivity contribution >= 4 is 34.8 Å². The molecule has 1 unspecified atom stereocenters. The van der Waals surface area contributed by atoms with Gasteiger partial charge in [0.15, 0.2) is 6.73 Å². The first-order valence-electron chi connectivity index (χ1n) is 7.76. The molecular formula is C17H21Cl2N3O2. The number of hydrogen-bond donors (Lipinski definition) is 1. The number of hydrogen-bond acceptors (Lipinski definition) is 3. The lowest BCUT2D eigenvalue weighted by molar-refractivity contribution is -0.119. The molecule has 5 nitrogen and oxygen atoms in total. The number of carbonyl (C=O) groups is 1. The third-order valence-electron chi connectivity index (χ3n) is 3.93. The fourth-order valence-corrected chi connectivity index (χ4v) is 2.62. The van der Waals surface area contributed by atoms with Crippen molar-refractivity contribution in [2.24, 2.45) is 5.92 Å². The number of halogens is 2. The summed E-state index contributed by atoms with van der Waals surface area (Å²) in [6.07, 6.45) is 0.788. The van der Waals surface area contributed by atoms with Crippen molar-refractivity contribution in [1.82, 2.24) is 9.78 Å². The second-order valence-corrected chi connectivity index (χ2v) is 6.54. The van der Waals surface area contributed by atoms with Gasteiger partial charge in [-0.1, -0.05) is 37.0 Å². The Morgan fingerprint density at radius 3 is 2.71 bits per heavy atom. The Morgan fingerprint density at radius 1 is 1.38 bits per heavy atom. The highest BCUT2D eigenvalue weighted by Crippen LogP contribution is 2.28. The molecule has 0 radical (unpaired) electrons. The summed E-state index contributed by atoms with van der Waals surface area (Å²) in [4.78, 5) is 12.1. The van der Waals surface area contributed by atoms with Crippen molar-refractivity contribution < 1.29 is 9.53 Å². The second kappa shape index (κ2) is 7.90. The molecule has 0 aliphatic rings. The second-order valence-electron chi connectivity index (χ2n) is 5.69. The molecule has 0 fully saturated rings. The molecule has 1 heterocycles. The molecule has 0 saturated carbocycles. The summed E-state index contributed by atoms with van der Waals surface area (Å²) >= 11 is 12.0. The van der Waals surface area contributed by atoms with Crippen LogP contribution in [0.3, 0.4) is 0 Å². The fraction of sp³-hybridized carbons (Fsp3) is 0.412. The van der Waals surface area contributed by atoms with Crippen LogP contribution in [0.4, 0.5) is 5.69 Å². The van der Waals surface area contributed by atoms with Gasteiger partial charge in [0.25, 0.3) is 0 Å². The number of nitrogens with one attached hydrogen (secondary N) is 1. The van der Waals surface area contributed by atoms with Gasteiger partial charge in [-0.25, -0.2) is 4.68 Å². The van der Waals surface area contributed by atoms with Crippen molar-refractivity contribution in [3.05, 3.63) is 39.6 Å². The van der Waals surface area contributed by atoms with E-state index in [1.807, 2.05) is 27.7 Å². The topological polar surface area (TPSA) is 56.2 Å². The summed E-state index contributed by atoms with van der Waals surface area (Å²) < 4.78 is 7.38. The van der Waals surface area contributed by atoms with E-state index >= 15 is 0 Å². The van der Waals surface area contributed by atoms with E-state index in [0.29, 0.717) is 15.8 Å². The minimum Gasteiger partial charge on any atom is -0.470 e. The van der Waals surface area contributed by atoms with Crippen LogP contribution >= 0.6 is 23.2 Å². The molecule has 1 aromatic carbocycles. The average molecular weight is 370 g/mol. The van der Waals surface area contributed by atoms with Gasteiger partial charge in [-0.05, 0) is 38.5 Å². The predicted molar refractivity (Wildman–Crippen MR) is 96.9 cm³/mol. The third kappa shape index (κ3) is 4.22. The molecular weight excluding hydrogens is 349 g/mol. The van der Waals surface area contributed by atoms with Crippen LogP contribution in [0.2, 0.25) is 10.0 Å². The lowest BCUT2D eigenvalue weighted by Gasteiger charge is -2.11. The Morgan fingerprint density at radius 2 is 2.08 bits per heavy atom. The number of anilines is 1. The van der Waals surface area contributed by atoms with Crippen LogP contribution in [0.25, 0.3) is 0 Å². The standard InChI is InChI=1S/C17H21Cl2N3O2/c1-5-10(2)17(23)20-16-11(3)21-22(12(16)4)9-24-15-7-6-13(18)8-14(15)19/h6-8,10H,5,9H2,1-4H3,(H,20,23). The molecule has 0 saturated heterocycles. The molecule has 2 aromatic rings. The molecule has 0 spiro atoms. The van der Waals surface area contributed by atoms with E-state index in [1.54, 1.807) is 22.9 Å². The van der Waals surface area contributed by atoms with E-state index in [9.17, 15) is 4.79 Å². The molecule has 130 valence electrons. The number of aromatic nitrogens is 2. The van der Waals surface area contributed by atoms with E-state index in [1.165, 1.54) is 0 Å². The third-order valence-corrected chi connectivity index (χ3v) is 4.46. The smallest absolute Gasteiger partial charge is 0.227 e. The average Bonchev–Trinajstić information content (AvgIpc) is 2.80. The number of aryl methyl sites for hydroxylation is 1. The Labute approximate surface area is 151 Å². The highest BCUT2D eigenvalue weighted by Gasteiger charge is 2.17. The van der Waals surface area contributed by atoms with Crippen molar-refractivity contribution in [3.63, 3.8) is 0 Å². The molecule has 0 bridgehead atoms. The molecule has 2 rings (SSSR count). The zero-order valence-corrected chi connectivity index (χ0v) is 15.7. The van der Waals surface area contributed by atoms with Crippen molar-refractivity contribution in [3.8, 4) is 5.75 Å². The lowest BCUT2D eigenvalue weighted by atomic mass is 10.1. The van der Waals surface area contributed by atoms with Crippen LogP contribution in [0.5, 0.6) is 5.75 Å². The van der Waals surface area contributed by atoms with Crippen molar-refractivity contribution in [1.29, 1.82) is 0 Å². The molecule has 1 atom stereocenters. The van der Waals surface area contributed by atoms with Crippen LogP contribution in [-0.2, 0) is 11.5 Å². The van der Waals surface area contributed by atoms with Crippen molar-refractivity contribution in [2.45, 2.75) is 40.8 Å². The summed E-state index contributed by atoms with van der Waals surface area (Å²) in [6.45, 7) is 7.81. The van der Waals surface area contributed by atoms with Gasteiger partial charge in [-0.3, -0.25) is 4.79 Å². The minimum absolute atomic E-state index is 0.00934. The van der Waals surface area contributed by atoms with Crippen LogP contribution in [0, 0.1) is 19.8 Å². The molecule has 1 N–H and O–H groups in total. The Balaban J connectivity index is 2.12. The maximum Gasteiger partial charge on any atom is 0.227 e. The fourth-order valence-electron chi connectivity index (χ4n) is 2.16. The quantitative estimate of drug-likeness (QED) is 0.793. The van der Waals surface area contributed by atoms with Crippen LogP contribution < -0.4 is 10.1 Å². The van der Waals surface area contributed by atoms with Gasteiger partial charge in [0.05, 0.1) is 22.1 Å². The zero-order valence-electron chi connectivity index (χ0n) is 14.2. The van der Waals surface area contributed by atoms with Gasteiger partial charge < -0.3 is 10.1 Å². The number of benzene rings is 1. The molecule has 0 aliphatic heterocycles. The summed E-state index contributed by atoms with van der Waals surface area (Å²) in [7, 11) is 0. The lowest BCUT2D eigenvalue weighted by Crippen LogP contribution is -2.20. The van der Waals surface area contributed by atoms with Gasteiger partial charge in [-0.15, -0.1) is 0 Å². The zero-order chi connectivity index (χ0) is 17.9. The van der Waals surface area contributed by atoms with Crippen LogP contribution in [0.1, 0.15) is 31.7 Å². The van der Waals surface area contributed by atoms with Gasteiger partial charge in [-0.2, -0.15) is 5.10 Å². The van der Waals surface area contributed by atoms with Gasteiger partial charge in [0.1, 0.15) is 5.75 Å². The predicted octanol–water partition coefficient (Wildman–Crippen LogP) is 4.83. The van der Waals surface area contributed by atoms with E-state index in [2.05, 4.69) is 10.4 Å². The normalized spacial score (nSPS) is 12.1. The Hall–Kier alpha value is -1.72. The molecule has 0 aliphatic carbocycles. The first kappa shape index (κ1) is 18.6. The molecule has 24 heavy (non-hydrogen) atoms. The number of rotatable bonds is 6. The summed E-state index contributed by atoms with van der Waals surface area (Å²) in [6, 6.07) is 5.04. The van der Waals surface area contributed by atoms with E-state index in [0.717, 1.165) is 23.5 Å².